The van der Waals surface area contributed by atoms with Gasteiger partial charge in [-0.05, 0) is 34.1 Å². The molecule has 0 atom stereocenters. The molecule has 2 aromatic carbocycles. The van der Waals surface area contributed by atoms with Gasteiger partial charge in [-0.1, -0.05) is 35.9 Å². The first kappa shape index (κ1) is 17.4. The van der Waals surface area contributed by atoms with Gasteiger partial charge >= 0.3 is 0 Å². The maximum atomic E-state index is 12.5. The Morgan fingerprint density at radius 3 is 2.72 bits per heavy atom. The monoisotopic (exact) mass is 379 g/mol. The topological polar surface area (TPSA) is 102 Å². The molecular weight excluding hydrogens is 366 g/mol. The number of sulfone groups is 1. The summed E-state index contributed by atoms with van der Waals surface area (Å²) in [5.74, 6) is -0.721. The number of hydrogen-bond acceptors (Lipinski definition) is 6. The molecular formula is C16H14ClN3O4S. The number of nitrogens with one attached hydrogen (secondary N) is 1. The summed E-state index contributed by atoms with van der Waals surface area (Å²) in [4.78, 5) is 12.0. The Kier molecular flexibility index (Phi) is 5.00. The van der Waals surface area contributed by atoms with Gasteiger partial charge in [-0.3, -0.25) is 4.79 Å². The van der Waals surface area contributed by atoms with E-state index in [9.17, 15) is 13.2 Å². The highest BCUT2D eigenvalue weighted by molar-refractivity contribution is 7.91. The summed E-state index contributed by atoms with van der Waals surface area (Å²) in [5.41, 5.74) is 1.28. The van der Waals surface area contributed by atoms with Gasteiger partial charge in [0.15, 0.2) is 15.4 Å². The van der Waals surface area contributed by atoms with E-state index in [0.29, 0.717) is 10.5 Å². The Morgan fingerprint density at radius 2 is 1.92 bits per heavy atom. The zero-order valence-electron chi connectivity index (χ0n) is 13.0. The molecule has 7 nitrogen and oxygen atoms in total. The van der Waals surface area contributed by atoms with Gasteiger partial charge in [0.1, 0.15) is 5.52 Å². The highest BCUT2D eigenvalue weighted by Gasteiger charge is 2.21. The standard InChI is InChI=1S/C16H14ClN3O4S/c17-12-5-2-1-4-11(12)10-18-15(21)8-9-25(22,23)14-7-3-6-13-16(14)20-24-19-13/h1-7H,8-10H2,(H,18,21). The third-order valence-electron chi connectivity index (χ3n) is 3.62. The van der Waals surface area contributed by atoms with Crippen molar-refractivity contribution in [2.75, 3.05) is 5.75 Å². The molecule has 1 aromatic heterocycles. The fraction of sp³-hybridized carbons (Fsp3) is 0.188. The van der Waals surface area contributed by atoms with Crippen molar-refractivity contribution in [2.45, 2.75) is 17.9 Å². The molecule has 130 valence electrons. The molecule has 3 rings (SSSR count). The van der Waals surface area contributed by atoms with E-state index in [0.717, 1.165) is 5.56 Å². The van der Waals surface area contributed by atoms with Gasteiger partial charge in [0.25, 0.3) is 0 Å². The van der Waals surface area contributed by atoms with Crippen LogP contribution in [-0.4, -0.2) is 30.4 Å². The van der Waals surface area contributed by atoms with Crippen LogP contribution in [0.5, 0.6) is 0 Å². The largest absolute Gasteiger partial charge is 0.352 e. The number of carbonyl (C=O) groups excluding carboxylic acids is 1. The lowest BCUT2D eigenvalue weighted by Gasteiger charge is -2.07. The van der Waals surface area contributed by atoms with Crippen molar-refractivity contribution >= 4 is 38.4 Å². The van der Waals surface area contributed by atoms with Gasteiger partial charge < -0.3 is 5.32 Å². The van der Waals surface area contributed by atoms with Crippen molar-refractivity contribution in [3.05, 3.63) is 53.1 Å². The molecule has 0 unspecified atom stereocenters. The molecule has 1 amide bonds. The first-order valence-corrected chi connectivity index (χ1v) is 9.44. The van der Waals surface area contributed by atoms with E-state index in [4.69, 9.17) is 11.6 Å². The number of benzene rings is 2. The molecule has 25 heavy (non-hydrogen) atoms. The molecule has 0 aliphatic heterocycles. The molecule has 1 N–H and O–H groups in total. The van der Waals surface area contributed by atoms with Crippen LogP contribution in [0, 0.1) is 0 Å². The molecule has 0 bridgehead atoms. The minimum absolute atomic E-state index is 0.00477. The SMILES string of the molecule is O=C(CCS(=O)(=O)c1cccc2nonc12)NCc1ccccc1Cl. The molecule has 0 aliphatic rings. The highest BCUT2D eigenvalue weighted by atomic mass is 35.5. The normalized spacial score (nSPS) is 11.6. The molecule has 0 saturated carbocycles. The second kappa shape index (κ2) is 7.20. The predicted molar refractivity (Wildman–Crippen MR) is 91.8 cm³/mol. The summed E-state index contributed by atoms with van der Waals surface area (Å²) in [6, 6.07) is 11.7. The molecule has 3 aromatic rings. The van der Waals surface area contributed by atoms with Gasteiger partial charge in [0, 0.05) is 18.0 Å². The number of fused-ring (bicyclic) bond motifs is 1. The van der Waals surface area contributed by atoms with E-state index < -0.39 is 9.84 Å². The van der Waals surface area contributed by atoms with Crippen molar-refractivity contribution in [2.24, 2.45) is 0 Å². The summed E-state index contributed by atoms with van der Waals surface area (Å²) in [6.45, 7) is 0.237. The number of rotatable bonds is 6. The Hall–Kier alpha value is -2.45. The van der Waals surface area contributed by atoms with E-state index in [1.165, 1.54) is 6.07 Å². The van der Waals surface area contributed by atoms with Crippen LogP contribution >= 0.6 is 11.6 Å². The zero-order chi connectivity index (χ0) is 17.9. The fourth-order valence-corrected chi connectivity index (χ4v) is 3.89. The van der Waals surface area contributed by atoms with Crippen LogP contribution < -0.4 is 5.32 Å². The van der Waals surface area contributed by atoms with Crippen molar-refractivity contribution in [3.63, 3.8) is 0 Å². The van der Waals surface area contributed by atoms with Crippen LogP contribution in [0.2, 0.25) is 5.02 Å². The Balaban J connectivity index is 1.63. The van der Waals surface area contributed by atoms with Crippen molar-refractivity contribution in [1.29, 1.82) is 0 Å². The molecule has 0 saturated heterocycles. The van der Waals surface area contributed by atoms with Crippen molar-refractivity contribution in [1.82, 2.24) is 15.6 Å². The zero-order valence-corrected chi connectivity index (χ0v) is 14.5. The first-order chi connectivity index (χ1) is 12.0. The fourth-order valence-electron chi connectivity index (χ4n) is 2.29. The maximum absolute atomic E-state index is 12.5. The second-order valence-electron chi connectivity index (χ2n) is 5.33. The minimum Gasteiger partial charge on any atom is -0.352 e. The highest BCUT2D eigenvalue weighted by Crippen LogP contribution is 2.21. The molecule has 0 spiro atoms. The van der Waals surface area contributed by atoms with Gasteiger partial charge in [-0.25, -0.2) is 13.0 Å². The van der Waals surface area contributed by atoms with E-state index in [2.05, 4.69) is 20.3 Å². The lowest BCUT2D eigenvalue weighted by atomic mass is 10.2. The molecule has 0 radical (unpaired) electrons. The number of nitrogens with zero attached hydrogens (tertiary/aromatic N) is 2. The maximum Gasteiger partial charge on any atom is 0.221 e. The summed E-state index contributed by atoms with van der Waals surface area (Å²) >= 11 is 6.01. The predicted octanol–water partition coefficient (Wildman–Crippen LogP) is 2.36. The Labute approximate surface area is 148 Å². The van der Waals surface area contributed by atoms with Crippen LogP contribution in [-0.2, 0) is 21.2 Å². The molecule has 0 fully saturated rings. The van der Waals surface area contributed by atoms with Crippen molar-refractivity contribution in [3.8, 4) is 0 Å². The van der Waals surface area contributed by atoms with Gasteiger partial charge in [0.05, 0.1) is 10.6 Å². The van der Waals surface area contributed by atoms with Crippen LogP contribution in [0.15, 0.2) is 52.0 Å². The van der Waals surface area contributed by atoms with Crippen LogP contribution in [0.3, 0.4) is 0 Å². The number of carbonyl (C=O) groups is 1. The Morgan fingerprint density at radius 1 is 1.12 bits per heavy atom. The van der Waals surface area contributed by atoms with Gasteiger partial charge in [0.2, 0.25) is 5.91 Å². The van der Waals surface area contributed by atoms with Crippen LogP contribution in [0.4, 0.5) is 0 Å². The molecule has 0 aliphatic carbocycles. The minimum atomic E-state index is -3.69. The Bertz CT molecular complexity index is 1020. The molecule has 9 heteroatoms. The average Bonchev–Trinajstić information content (AvgIpc) is 3.08. The van der Waals surface area contributed by atoms with E-state index in [1.54, 1.807) is 30.3 Å². The van der Waals surface area contributed by atoms with Gasteiger partial charge in [-0.15, -0.1) is 0 Å². The third-order valence-corrected chi connectivity index (χ3v) is 5.73. The van der Waals surface area contributed by atoms with Crippen LogP contribution in [0.1, 0.15) is 12.0 Å². The quantitative estimate of drug-likeness (QED) is 0.705. The summed E-state index contributed by atoms with van der Waals surface area (Å²) in [7, 11) is -3.69. The summed E-state index contributed by atoms with van der Waals surface area (Å²) < 4.78 is 29.5. The van der Waals surface area contributed by atoms with Gasteiger partial charge in [-0.2, -0.15) is 0 Å². The number of aromatic nitrogens is 2. The smallest absolute Gasteiger partial charge is 0.221 e. The molecule has 1 heterocycles. The first-order valence-electron chi connectivity index (χ1n) is 7.41. The second-order valence-corrected chi connectivity index (χ2v) is 7.81. The third kappa shape index (κ3) is 3.97. The average molecular weight is 380 g/mol. The summed E-state index contributed by atoms with van der Waals surface area (Å²) in [5, 5.41) is 10.4. The number of amides is 1. The number of hydrogen-bond donors (Lipinski definition) is 1. The van der Waals surface area contributed by atoms with E-state index >= 15 is 0 Å². The lowest BCUT2D eigenvalue weighted by Crippen LogP contribution is -2.25. The van der Waals surface area contributed by atoms with E-state index in [1.807, 2.05) is 6.07 Å². The van der Waals surface area contributed by atoms with Crippen LogP contribution in [0.25, 0.3) is 11.0 Å². The van der Waals surface area contributed by atoms with Crippen molar-refractivity contribution < 1.29 is 17.8 Å². The lowest BCUT2D eigenvalue weighted by molar-refractivity contribution is -0.120. The van der Waals surface area contributed by atoms with E-state index in [-0.39, 0.29) is 35.0 Å². The summed E-state index contributed by atoms with van der Waals surface area (Å²) in [6.07, 6.45) is -0.172. The number of halogens is 1.